The molecule has 0 heterocycles. The SMILES string of the molecule is O=C(COc1cccc(Cl)c1)N/N=C/c1cccc(Oc2ccc([N+](=O)[O-])cc2[N+](=O)[O-])c1. The fourth-order valence-corrected chi connectivity index (χ4v) is 2.73. The van der Waals surface area contributed by atoms with E-state index in [0.717, 1.165) is 18.2 Å². The van der Waals surface area contributed by atoms with E-state index in [4.69, 9.17) is 21.1 Å². The Labute approximate surface area is 191 Å². The highest BCUT2D eigenvalue weighted by Crippen LogP contribution is 2.34. The molecule has 12 heteroatoms. The van der Waals surface area contributed by atoms with E-state index >= 15 is 0 Å². The van der Waals surface area contributed by atoms with Crippen LogP contribution in [0.25, 0.3) is 0 Å². The van der Waals surface area contributed by atoms with Crippen LogP contribution in [0.2, 0.25) is 5.02 Å². The van der Waals surface area contributed by atoms with Gasteiger partial charge in [-0.15, -0.1) is 0 Å². The summed E-state index contributed by atoms with van der Waals surface area (Å²) in [6, 6.07) is 16.0. The summed E-state index contributed by atoms with van der Waals surface area (Å²) in [6.45, 7) is -0.273. The highest BCUT2D eigenvalue weighted by molar-refractivity contribution is 6.30. The topological polar surface area (TPSA) is 146 Å². The van der Waals surface area contributed by atoms with Gasteiger partial charge in [0.15, 0.2) is 6.61 Å². The van der Waals surface area contributed by atoms with E-state index in [1.165, 1.54) is 12.3 Å². The van der Waals surface area contributed by atoms with Crippen LogP contribution in [0.3, 0.4) is 0 Å². The molecule has 168 valence electrons. The van der Waals surface area contributed by atoms with Crippen LogP contribution in [0.5, 0.6) is 17.2 Å². The van der Waals surface area contributed by atoms with E-state index in [1.807, 2.05) is 0 Å². The van der Waals surface area contributed by atoms with Gasteiger partial charge in [0, 0.05) is 11.1 Å². The second-order valence-electron chi connectivity index (χ2n) is 6.38. The number of halogens is 1. The molecule has 0 saturated carbocycles. The first-order chi connectivity index (χ1) is 15.8. The van der Waals surface area contributed by atoms with Crippen molar-refractivity contribution in [1.29, 1.82) is 0 Å². The molecule has 0 atom stereocenters. The number of hydrogen-bond donors (Lipinski definition) is 1. The van der Waals surface area contributed by atoms with E-state index in [2.05, 4.69) is 10.5 Å². The van der Waals surface area contributed by atoms with Gasteiger partial charge < -0.3 is 9.47 Å². The summed E-state index contributed by atoms with van der Waals surface area (Å²) in [5.41, 5.74) is 1.85. The zero-order chi connectivity index (χ0) is 23.8. The molecule has 3 aromatic carbocycles. The van der Waals surface area contributed by atoms with Crippen molar-refractivity contribution >= 4 is 35.1 Å². The number of benzene rings is 3. The first-order valence-electron chi connectivity index (χ1n) is 9.23. The smallest absolute Gasteiger partial charge is 0.318 e. The number of nitro groups is 2. The van der Waals surface area contributed by atoms with Gasteiger partial charge in [0.05, 0.1) is 22.1 Å². The lowest BCUT2D eigenvalue weighted by molar-refractivity contribution is -0.394. The molecular formula is C21H15ClN4O7. The van der Waals surface area contributed by atoms with Crippen LogP contribution in [0, 0.1) is 20.2 Å². The molecular weight excluding hydrogens is 456 g/mol. The fraction of sp³-hybridized carbons (Fsp3) is 0.0476. The van der Waals surface area contributed by atoms with E-state index < -0.39 is 27.1 Å². The third kappa shape index (κ3) is 6.74. The minimum absolute atomic E-state index is 0.161. The lowest BCUT2D eigenvalue weighted by Crippen LogP contribution is -2.24. The van der Waals surface area contributed by atoms with Crippen LogP contribution in [0.1, 0.15) is 5.56 Å². The molecule has 0 radical (unpaired) electrons. The third-order valence-electron chi connectivity index (χ3n) is 4.00. The molecule has 1 amide bonds. The first-order valence-corrected chi connectivity index (χ1v) is 9.60. The van der Waals surface area contributed by atoms with Gasteiger partial charge in [-0.25, -0.2) is 5.43 Å². The number of hydrogen-bond acceptors (Lipinski definition) is 8. The lowest BCUT2D eigenvalue weighted by Gasteiger charge is -2.07. The van der Waals surface area contributed by atoms with E-state index in [1.54, 1.807) is 42.5 Å². The molecule has 0 unspecified atom stereocenters. The molecule has 0 saturated heterocycles. The Morgan fingerprint density at radius 2 is 1.76 bits per heavy atom. The minimum Gasteiger partial charge on any atom is -0.484 e. The maximum Gasteiger partial charge on any atom is 0.318 e. The molecule has 3 rings (SSSR count). The lowest BCUT2D eigenvalue weighted by atomic mass is 10.2. The predicted octanol–water partition coefficient (Wildman–Crippen LogP) is 4.48. The molecule has 0 fully saturated rings. The van der Waals surface area contributed by atoms with Crippen molar-refractivity contribution < 1.29 is 24.1 Å². The molecule has 11 nitrogen and oxygen atoms in total. The Morgan fingerprint density at radius 1 is 1.00 bits per heavy atom. The minimum atomic E-state index is -0.769. The molecule has 3 aromatic rings. The number of nitro benzene ring substituents is 2. The van der Waals surface area contributed by atoms with Gasteiger partial charge in [-0.2, -0.15) is 5.10 Å². The predicted molar refractivity (Wildman–Crippen MR) is 119 cm³/mol. The number of carbonyl (C=O) groups excluding carboxylic acids is 1. The van der Waals surface area contributed by atoms with E-state index in [9.17, 15) is 25.0 Å². The molecule has 0 spiro atoms. The Hall–Kier alpha value is -4.51. The number of non-ortho nitro benzene ring substituents is 1. The Balaban J connectivity index is 1.61. The fourth-order valence-electron chi connectivity index (χ4n) is 2.55. The molecule has 33 heavy (non-hydrogen) atoms. The average molecular weight is 471 g/mol. The van der Waals surface area contributed by atoms with Gasteiger partial charge in [-0.3, -0.25) is 25.0 Å². The summed E-state index contributed by atoms with van der Waals surface area (Å²) < 4.78 is 10.8. The summed E-state index contributed by atoms with van der Waals surface area (Å²) in [6.07, 6.45) is 1.34. The number of carbonyl (C=O) groups is 1. The van der Waals surface area contributed by atoms with Gasteiger partial charge >= 0.3 is 5.69 Å². The van der Waals surface area contributed by atoms with Gasteiger partial charge in [0.25, 0.3) is 11.6 Å². The summed E-state index contributed by atoms with van der Waals surface area (Å²) >= 11 is 5.84. The molecule has 0 aliphatic heterocycles. The van der Waals surface area contributed by atoms with E-state index in [0.29, 0.717) is 16.3 Å². The van der Waals surface area contributed by atoms with Crippen LogP contribution in [0.15, 0.2) is 71.8 Å². The number of ether oxygens (including phenoxy) is 2. The Morgan fingerprint density at radius 3 is 2.48 bits per heavy atom. The Bertz CT molecular complexity index is 1230. The van der Waals surface area contributed by atoms with Crippen molar-refractivity contribution in [2.75, 3.05) is 6.61 Å². The van der Waals surface area contributed by atoms with Gasteiger partial charge in [0.2, 0.25) is 5.75 Å². The third-order valence-corrected chi connectivity index (χ3v) is 4.24. The second kappa shape index (κ2) is 10.7. The standard InChI is InChI=1S/C21H15ClN4O7/c22-15-4-2-5-17(10-15)32-13-21(27)24-23-12-14-3-1-6-18(9-14)33-20-8-7-16(25(28)29)11-19(20)26(30)31/h1-12H,13H2,(H,24,27)/b23-12+. The maximum absolute atomic E-state index is 11.9. The van der Waals surface area contributed by atoms with Crippen LogP contribution >= 0.6 is 11.6 Å². The first kappa shape index (κ1) is 23.2. The molecule has 0 aliphatic rings. The van der Waals surface area contributed by atoms with Crippen LogP contribution in [-0.2, 0) is 4.79 Å². The van der Waals surface area contributed by atoms with Crippen LogP contribution < -0.4 is 14.9 Å². The number of nitrogens with one attached hydrogen (secondary N) is 1. The number of hydrazone groups is 1. The number of nitrogens with zero attached hydrogens (tertiary/aromatic N) is 3. The van der Waals surface area contributed by atoms with E-state index in [-0.39, 0.29) is 18.1 Å². The van der Waals surface area contributed by atoms with Crippen molar-refractivity contribution in [3.05, 3.63) is 97.5 Å². The highest BCUT2D eigenvalue weighted by Gasteiger charge is 2.21. The average Bonchev–Trinajstić information content (AvgIpc) is 2.78. The monoisotopic (exact) mass is 470 g/mol. The van der Waals surface area contributed by atoms with Crippen molar-refractivity contribution in [2.24, 2.45) is 5.10 Å². The zero-order valence-corrected chi connectivity index (χ0v) is 17.5. The van der Waals surface area contributed by atoms with Crippen molar-refractivity contribution in [1.82, 2.24) is 5.43 Å². The summed E-state index contributed by atoms with van der Waals surface area (Å²) in [5, 5.41) is 26.4. The largest absolute Gasteiger partial charge is 0.484 e. The highest BCUT2D eigenvalue weighted by atomic mass is 35.5. The second-order valence-corrected chi connectivity index (χ2v) is 6.82. The Kier molecular flexibility index (Phi) is 7.50. The van der Waals surface area contributed by atoms with Crippen LogP contribution in [-0.4, -0.2) is 28.6 Å². The normalized spacial score (nSPS) is 10.6. The molecule has 0 bridgehead atoms. The summed E-state index contributed by atoms with van der Waals surface area (Å²) in [4.78, 5) is 32.4. The number of amides is 1. The van der Waals surface area contributed by atoms with Crippen molar-refractivity contribution in [3.8, 4) is 17.2 Å². The summed E-state index contributed by atoms with van der Waals surface area (Å²) in [5.74, 6) is 0.00428. The van der Waals surface area contributed by atoms with Gasteiger partial charge in [-0.05, 0) is 42.0 Å². The van der Waals surface area contributed by atoms with Gasteiger partial charge in [-0.1, -0.05) is 29.8 Å². The summed E-state index contributed by atoms with van der Waals surface area (Å²) in [7, 11) is 0. The molecule has 0 aromatic heterocycles. The quantitative estimate of drug-likeness (QED) is 0.275. The maximum atomic E-state index is 11.9. The molecule has 1 N–H and O–H groups in total. The number of rotatable bonds is 9. The van der Waals surface area contributed by atoms with Gasteiger partial charge in [0.1, 0.15) is 11.5 Å². The zero-order valence-electron chi connectivity index (χ0n) is 16.7. The van der Waals surface area contributed by atoms with Crippen LogP contribution in [0.4, 0.5) is 11.4 Å². The van der Waals surface area contributed by atoms with Crippen molar-refractivity contribution in [3.63, 3.8) is 0 Å². The molecule has 0 aliphatic carbocycles. The van der Waals surface area contributed by atoms with Crippen molar-refractivity contribution in [2.45, 2.75) is 0 Å².